The van der Waals surface area contributed by atoms with Crippen molar-refractivity contribution in [3.05, 3.63) is 94.6 Å². The monoisotopic (exact) mass is 502 g/mol. The number of benzene rings is 3. The molecular weight excluding hydrogens is 480 g/mol. The summed E-state index contributed by atoms with van der Waals surface area (Å²) in [6.45, 7) is 0. The number of Topliss-reactive ketones (excluding diaryl/α,β-unsaturated/α-hetero) is 1. The Bertz CT molecular complexity index is 1550. The van der Waals surface area contributed by atoms with Crippen LogP contribution in [-0.4, -0.2) is 35.6 Å². The van der Waals surface area contributed by atoms with Crippen molar-refractivity contribution >= 4 is 45.6 Å². The Morgan fingerprint density at radius 2 is 1.67 bits per heavy atom. The summed E-state index contributed by atoms with van der Waals surface area (Å²) in [5.41, 5.74) is 2.21. The van der Waals surface area contributed by atoms with Crippen molar-refractivity contribution in [1.29, 1.82) is 0 Å². The lowest BCUT2D eigenvalue weighted by Crippen LogP contribution is -2.29. The second kappa shape index (κ2) is 9.09. The van der Waals surface area contributed by atoms with Gasteiger partial charge in [-0.1, -0.05) is 35.9 Å². The van der Waals surface area contributed by atoms with Gasteiger partial charge in [0.15, 0.2) is 0 Å². The zero-order chi connectivity index (χ0) is 25.6. The average Bonchev–Trinajstić information content (AvgIpc) is 3.37. The van der Waals surface area contributed by atoms with E-state index in [0.717, 1.165) is 10.9 Å². The smallest absolute Gasteiger partial charge is 0.300 e. The SMILES string of the molecule is COc1cccc(N2C(=O)C(=O)/C(=C(/O)c3cc(OC)ccc3Cl)C2c2cn(C)c3ccccc23)c1. The molecule has 1 fully saturated rings. The maximum absolute atomic E-state index is 13.5. The van der Waals surface area contributed by atoms with Crippen LogP contribution in [0.5, 0.6) is 11.5 Å². The molecule has 3 aromatic carbocycles. The number of rotatable bonds is 5. The molecule has 4 aromatic rings. The quantitative estimate of drug-likeness (QED) is 0.222. The van der Waals surface area contributed by atoms with E-state index in [1.807, 2.05) is 42.1 Å². The van der Waals surface area contributed by atoms with E-state index in [1.54, 1.807) is 36.4 Å². The van der Waals surface area contributed by atoms with Crippen LogP contribution in [0.1, 0.15) is 17.2 Å². The van der Waals surface area contributed by atoms with Gasteiger partial charge in [-0.25, -0.2) is 0 Å². The summed E-state index contributed by atoms with van der Waals surface area (Å²) in [5.74, 6) is -0.971. The van der Waals surface area contributed by atoms with Crippen molar-refractivity contribution in [1.82, 2.24) is 4.57 Å². The van der Waals surface area contributed by atoms with E-state index in [-0.39, 0.29) is 21.9 Å². The summed E-state index contributed by atoms with van der Waals surface area (Å²) < 4.78 is 12.6. The van der Waals surface area contributed by atoms with Crippen molar-refractivity contribution in [3.8, 4) is 11.5 Å². The van der Waals surface area contributed by atoms with Gasteiger partial charge in [-0.3, -0.25) is 14.5 Å². The minimum atomic E-state index is -0.912. The zero-order valence-electron chi connectivity index (χ0n) is 19.9. The van der Waals surface area contributed by atoms with Crippen LogP contribution in [0.4, 0.5) is 5.69 Å². The highest BCUT2D eigenvalue weighted by atomic mass is 35.5. The molecule has 2 heterocycles. The van der Waals surface area contributed by atoms with Gasteiger partial charge in [-0.15, -0.1) is 0 Å². The normalized spacial score (nSPS) is 17.1. The number of hydrogen-bond acceptors (Lipinski definition) is 5. The van der Waals surface area contributed by atoms with Crippen molar-refractivity contribution in [2.75, 3.05) is 19.1 Å². The maximum Gasteiger partial charge on any atom is 0.300 e. The number of carbonyl (C=O) groups is 2. The third kappa shape index (κ3) is 3.69. The number of methoxy groups -OCH3 is 2. The van der Waals surface area contributed by atoms with Gasteiger partial charge in [-0.2, -0.15) is 0 Å². The molecule has 0 spiro atoms. The van der Waals surface area contributed by atoms with Crippen LogP contribution in [0, 0.1) is 0 Å². The fourth-order valence-electron chi connectivity index (χ4n) is 4.70. The van der Waals surface area contributed by atoms with Crippen LogP contribution < -0.4 is 14.4 Å². The molecule has 1 unspecified atom stereocenters. The van der Waals surface area contributed by atoms with Gasteiger partial charge in [0.05, 0.1) is 30.9 Å². The second-order valence-electron chi connectivity index (χ2n) is 8.43. The number of carbonyl (C=O) groups excluding carboxylic acids is 2. The summed E-state index contributed by atoms with van der Waals surface area (Å²) in [6, 6.07) is 18.4. The molecule has 1 saturated heterocycles. The summed E-state index contributed by atoms with van der Waals surface area (Å²) in [6.07, 6.45) is 1.87. The molecule has 8 heteroatoms. The highest BCUT2D eigenvalue weighted by molar-refractivity contribution is 6.52. The van der Waals surface area contributed by atoms with Crippen LogP contribution in [0.3, 0.4) is 0 Å². The average molecular weight is 503 g/mol. The first kappa shape index (κ1) is 23.5. The molecule has 5 rings (SSSR count). The minimum Gasteiger partial charge on any atom is -0.507 e. The number of para-hydroxylation sites is 1. The van der Waals surface area contributed by atoms with Crippen molar-refractivity contribution in [2.24, 2.45) is 7.05 Å². The first-order chi connectivity index (χ1) is 17.3. The summed E-state index contributed by atoms with van der Waals surface area (Å²) in [7, 11) is 4.91. The number of amides is 1. The second-order valence-corrected chi connectivity index (χ2v) is 8.84. The van der Waals surface area contributed by atoms with Crippen LogP contribution in [0.15, 0.2) is 78.5 Å². The van der Waals surface area contributed by atoms with E-state index in [9.17, 15) is 14.7 Å². The Labute approximate surface area is 212 Å². The Morgan fingerprint density at radius 3 is 2.42 bits per heavy atom. The van der Waals surface area contributed by atoms with Crippen LogP contribution in [0.25, 0.3) is 16.7 Å². The number of fused-ring (bicyclic) bond motifs is 1. The standard InChI is InChI=1S/C28H23ClN2O5/c1-30-15-21(19-9-4-5-10-23(19)30)25-24(26(32)20-14-18(36-3)11-12-22(20)29)27(33)28(34)31(25)16-7-6-8-17(13-16)35-2/h4-15,25,32H,1-3H3/b26-24+. The molecule has 1 aliphatic rings. The van der Waals surface area contributed by atoms with E-state index in [2.05, 4.69) is 0 Å². The van der Waals surface area contributed by atoms with E-state index < -0.39 is 17.7 Å². The number of anilines is 1. The van der Waals surface area contributed by atoms with Gasteiger partial charge >= 0.3 is 0 Å². The minimum absolute atomic E-state index is 0.0608. The van der Waals surface area contributed by atoms with Gasteiger partial charge in [0.2, 0.25) is 0 Å². The first-order valence-corrected chi connectivity index (χ1v) is 11.6. The number of hydrogen-bond donors (Lipinski definition) is 1. The molecule has 1 amide bonds. The molecular formula is C28H23ClN2O5. The zero-order valence-corrected chi connectivity index (χ0v) is 20.6. The van der Waals surface area contributed by atoms with Gasteiger partial charge < -0.3 is 19.1 Å². The molecule has 0 saturated carbocycles. The number of aliphatic hydroxyl groups is 1. The highest BCUT2D eigenvalue weighted by Crippen LogP contribution is 2.46. The lowest BCUT2D eigenvalue weighted by molar-refractivity contribution is -0.132. The van der Waals surface area contributed by atoms with Gasteiger partial charge in [0.1, 0.15) is 17.3 Å². The van der Waals surface area contributed by atoms with Gasteiger partial charge in [-0.05, 0) is 36.4 Å². The number of aliphatic hydroxyl groups excluding tert-OH is 1. The van der Waals surface area contributed by atoms with Crippen LogP contribution in [0.2, 0.25) is 5.02 Å². The molecule has 7 nitrogen and oxygen atoms in total. The third-order valence-electron chi connectivity index (χ3n) is 6.43. The van der Waals surface area contributed by atoms with Crippen molar-refractivity contribution in [3.63, 3.8) is 0 Å². The van der Waals surface area contributed by atoms with E-state index in [1.165, 1.54) is 25.2 Å². The molecule has 1 aliphatic heterocycles. The number of ether oxygens (including phenoxy) is 2. The first-order valence-electron chi connectivity index (χ1n) is 11.2. The van der Waals surface area contributed by atoms with Crippen molar-refractivity contribution in [2.45, 2.75) is 6.04 Å². The van der Waals surface area contributed by atoms with Crippen LogP contribution in [-0.2, 0) is 16.6 Å². The van der Waals surface area contributed by atoms with Gasteiger partial charge in [0, 0.05) is 47.0 Å². The third-order valence-corrected chi connectivity index (χ3v) is 6.76. The summed E-state index contributed by atoms with van der Waals surface area (Å²) in [4.78, 5) is 28.4. The highest BCUT2D eigenvalue weighted by Gasteiger charge is 2.48. The fraction of sp³-hybridized carbons (Fsp3) is 0.143. The van der Waals surface area contributed by atoms with Crippen LogP contribution >= 0.6 is 11.6 Å². The topological polar surface area (TPSA) is 81.0 Å². The molecule has 1 aromatic heterocycles. The molecule has 1 N–H and O–H groups in total. The van der Waals surface area contributed by atoms with E-state index in [0.29, 0.717) is 22.7 Å². The van der Waals surface area contributed by atoms with Crippen molar-refractivity contribution < 1.29 is 24.2 Å². The summed E-state index contributed by atoms with van der Waals surface area (Å²) in [5, 5.41) is 12.6. The fourth-order valence-corrected chi connectivity index (χ4v) is 4.91. The lowest BCUT2D eigenvalue weighted by Gasteiger charge is -2.25. The molecule has 36 heavy (non-hydrogen) atoms. The number of halogens is 1. The molecule has 182 valence electrons. The Balaban J connectivity index is 1.82. The molecule has 0 radical (unpaired) electrons. The molecule has 0 bridgehead atoms. The number of aromatic nitrogens is 1. The lowest BCUT2D eigenvalue weighted by atomic mass is 9.94. The number of aryl methyl sites for hydroxylation is 1. The Morgan fingerprint density at radius 1 is 0.944 bits per heavy atom. The molecule has 1 atom stereocenters. The van der Waals surface area contributed by atoms with E-state index >= 15 is 0 Å². The number of nitrogens with zero attached hydrogens (tertiary/aromatic N) is 2. The largest absolute Gasteiger partial charge is 0.507 e. The predicted molar refractivity (Wildman–Crippen MR) is 139 cm³/mol. The Hall–Kier alpha value is -4.23. The Kier molecular flexibility index (Phi) is 5.94. The van der Waals surface area contributed by atoms with Gasteiger partial charge in [0.25, 0.3) is 11.7 Å². The summed E-state index contributed by atoms with van der Waals surface area (Å²) >= 11 is 6.42. The maximum atomic E-state index is 13.5. The van der Waals surface area contributed by atoms with E-state index in [4.69, 9.17) is 21.1 Å². The number of ketones is 1. The predicted octanol–water partition coefficient (Wildman–Crippen LogP) is 5.48. The molecule has 0 aliphatic carbocycles.